The smallest absolute Gasteiger partial charge is 0.259 e. The average Bonchev–Trinajstić information content (AvgIpc) is 2.57. The summed E-state index contributed by atoms with van der Waals surface area (Å²) in [5.74, 6) is 0.690. The third kappa shape index (κ3) is 1.32. The van der Waals surface area contributed by atoms with E-state index in [-0.39, 0.29) is 5.56 Å². The fraction of sp³-hybridized carbons (Fsp3) is 0.455. The van der Waals surface area contributed by atoms with Crippen LogP contribution in [0.1, 0.15) is 23.8 Å². The normalized spacial score (nSPS) is 20.5. The number of nitrogens with one attached hydrogen (secondary N) is 1. The molecule has 0 aliphatic heterocycles. The molecule has 0 spiro atoms. The van der Waals surface area contributed by atoms with Crippen LogP contribution < -0.4 is 5.56 Å². The van der Waals surface area contributed by atoms with Gasteiger partial charge in [-0.05, 0) is 30.7 Å². The number of fused-ring (bicyclic) bond motifs is 3. The Hall–Kier alpha value is -1.16. The van der Waals surface area contributed by atoms with Crippen LogP contribution in [0.15, 0.2) is 11.1 Å². The molecule has 0 radical (unpaired) electrons. The number of rotatable bonds is 0. The summed E-state index contributed by atoms with van der Waals surface area (Å²) in [4.78, 5) is 20.9. The number of aromatic amines is 1. The van der Waals surface area contributed by atoms with Crippen LogP contribution in [-0.4, -0.2) is 9.97 Å². The van der Waals surface area contributed by atoms with Gasteiger partial charge >= 0.3 is 0 Å². The van der Waals surface area contributed by atoms with Gasteiger partial charge in [-0.15, -0.1) is 11.3 Å². The van der Waals surface area contributed by atoms with E-state index in [4.69, 9.17) is 0 Å². The lowest BCUT2D eigenvalue weighted by molar-refractivity contribution is 0.508. The second-order valence-corrected chi connectivity index (χ2v) is 5.35. The first-order valence-electron chi connectivity index (χ1n) is 5.23. The number of hydrogen-bond acceptors (Lipinski definition) is 3. The summed E-state index contributed by atoms with van der Waals surface area (Å²) in [6.07, 6.45) is 4.87. The van der Waals surface area contributed by atoms with Crippen LogP contribution in [0.2, 0.25) is 0 Å². The van der Waals surface area contributed by atoms with Gasteiger partial charge in [-0.2, -0.15) is 0 Å². The van der Waals surface area contributed by atoms with Crippen molar-refractivity contribution >= 4 is 21.6 Å². The third-order valence-corrected chi connectivity index (χ3v) is 4.29. The Bertz CT molecular complexity index is 569. The van der Waals surface area contributed by atoms with Crippen molar-refractivity contribution in [1.82, 2.24) is 9.97 Å². The zero-order valence-electron chi connectivity index (χ0n) is 8.54. The molecule has 0 saturated heterocycles. The maximum Gasteiger partial charge on any atom is 0.259 e. The van der Waals surface area contributed by atoms with Gasteiger partial charge in [0, 0.05) is 4.88 Å². The summed E-state index contributed by atoms with van der Waals surface area (Å²) >= 11 is 1.68. The predicted molar refractivity (Wildman–Crippen MR) is 61.4 cm³/mol. The molecule has 1 aliphatic rings. The topological polar surface area (TPSA) is 45.8 Å². The summed E-state index contributed by atoms with van der Waals surface area (Å²) < 4.78 is 0. The van der Waals surface area contributed by atoms with E-state index in [1.807, 2.05) is 0 Å². The van der Waals surface area contributed by atoms with Gasteiger partial charge in [0.1, 0.15) is 4.83 Å². The lowest BCUT2D eigenvalue weighted by atomic mass is 9.89. The molecule has 0 fully saturated rings. The minimum atomic E-state index is 0.0200. The highest BCUT2D eigenvalue weighted by atomic mass is 32.1. The second kappa shape index (κ2) is 3.17. The number of aryl methyl sites for hydroxylation is 1. The molecule has 0 aromatic carbocycles. The van der Waals surface area contributed by atoms with Crippen LogP contribution in [-0.2, 0) is 12.8 Å². The van der Waals surface area contributed by atoms with Crippen molar-refractivity contribution in [3.05, 3.63) is 27.1 Å². The quantitative estimate of drug-likeness (QED) is 0.739. The van der Waals surface area contributed by atoms with E-state index in [9.17, 15) is 4.79 Å². The number of hydrogen-bond donors (Lipinski definition) is 1. The monoisotopic (exact) mass is 220 g/mol. The summed E-state index contributed by atoms with van der Waals surface area (Å²) in [5.41, 5.74) is 1.27. The zero-order valence-corrected chi connectivity index (χ0v) is 9.36. The predicted octanol–water partition coefficient (Wildman–Crippen LogP) is 2.11. The summed E-state index contributed by atoms with van der Waals surface area (Å²) in [6.45, 7) is 2.25. The van der Waals surface area contributed by atoms with Crippen LogP contribution in [0.3, 0.4) is 0 Å². The van der Waals surface area contributed by atoms with Crippen molar-refractivity contribution in [1.29, 1.82) is 0 Å². The highest BCUT2D eigenvalue weighted by Gasteiger charge is 2.22. The van der Waals surface area contributed by atoms with E-state index in [1.165, 1.54) is 23.2 Å². The summed E-state index contributed by atoms with van der Waals surface area (Å²) in [7, 11) is 0. The fourth-order valence-corrected chi connectivity index (χ4v) is 3.48. The summed E-state index contributed by atoms with van der Waals surface area (Å²) in [6, 6.07) is 0. The van der Waals surface area contributed by atoms with Gasteiger partial charge in [0.25, 0.3) is 5.56 Å². The molecule has 2 aromatic rings. The lowest BCUT2D eigenvalue weighted by Crippen LogP contribution is -2.12. The Balaban J connectivity index is 2.35. The van der Waals surface area contributed by atoms with Gasteiger partial charge in [0.05, 0.1) is 11.7 Å². The molecule has 0 bridgehead atoms. The highest BCUT2D eigenvalue weighted by molar-refractivity contribution is 7.18. The molecule has 2 heterocycles. The molecule has 0 unspecified atom stereocenters. The molecular formula is C11H12N2OS. The SMILES string of the molecule is C[C@@H]1CCc2sc3nc[nH]c(=O)c3c2C1. The Morgan fingerprint density at radius 2 is 2.47 bits per heavy atom. The van der Waals surface area contributed by atoms with Gasteiger partial charge in [-0.3, -0.25) is 4.79 Å². The minimum absolute atomic E-state index is 0.0200. The van der Waals surface area contributed by atoms with Crippen molar-refractivity contribution in [2.24, 2.45) is 5.92 Å². The van der Waals surface area contributed by atoms with Crippen molar-refractivity contribution in [2.75, 3.05) is 0 Å². The maximum absolute atomic E-state index is 11.7. The van der Waals surface area contributed by atoms with Crippen LogP contribution in [0.4, 0.5) is 0 Å². The van der Waals surface area contributed by atoms with Gasteiger partial charge in [-0.1, -0.05) is 6.92 Å². The molecule has 0 amide bonds. The van der Waals surface area contributed by atoms with Crippen molar-refractivity contribution in [2.45, 2.75) is 26.2 Å². The van der Waals surface area contributed by atoms with E-state index in [0.29, 0.717) is 5.92 Å². The van der Waals surface area contributed by atoms with Crippen molar-refractivity contribution in [3.8, 4) is 0 Å². The lowest BCUT2D eigenvalue weighted by Gasteiger charge is -2.17. The van der Waals surface area contributed by atoms with E-state index in [1.54, 1.807) is 11.3 Å². The fourth-order valence-electron chi connectivity index (χ4n) is 2.29. The van der Waals surface area contributed by atoms with E-state index in [0.717, 1.165) is 23.1 Å². The molecule has 2 aromatic heterocycles. The molecule has 78 valence electrons. The standard InChI is InChI=1S/C11H12N2OS/c1-6-2-3-8-7(4-6)9-10(14)12-5-13-11(9)15-8/h5-6H,2-4H2,1H3,(H,12,13,14)/t6-/m1/s1. The number of H-pyrrole nitrogens is 1. The average molecular weight is 220 g/mol. The third-order valence-electron chi connectivity index (χ3n) is 3.09. The first-order chi connectivity index (χ1) is 7.25. The number of thiophene rings is 1. The van der Waals surface area contributed by atoms with E-state index < -0.39 is 0 Å². The Kier molecular flexibility index (Phi) is 1.92. The van der Waals surface area contributed by atoms with E-state index in [2.05, 4.69) is 16.9 Å². The molecule has 15 heavy (non-hydrogen) atoms. The van der Waals surface area contributed by atoms with Crippen LogP contribution in [0.25, 0.3) is 10.2 Å². The molecular weight excluding hydrogens is 208 g/mol. The van der Waals surface area contributed by atoms with Gasteiger partial charge in [0.15, 0.2) is 0 Å². The molecule has 1 aliphatic carbocycles. The van der Waals surface area contributed by atoms with Gasteiger partial charge in [-0.25, -0.2) is 4.98 Å². The number of nitrogens with zero attached hydrogens (tertiary/aromatic N) is 1. The molecule has 3 rings (SSSR count). The van der Waals surface area contributed by atoms with Gasteiger partial charge < -0.3 is 4.98 Å². The zero-order chi connectivity index (χ0) is 10.4. The largest absolute Gasteiger partial charge is 0.313 e. The number of aromatic nitrogens is 2. The molecule has 0 saturated carbocycles. The Morgan fingerprint density at radius 1 is 1.60 bits per heavy atom. The van der Waals surface area contributed by atoms with Crippen LogP contribution in [0.5, 0.6) is 0 Å². The highest BCUT2D eigenvalue weighted by Crippen LogP contribution is 2.35. The van der Waals surface area contributed by atoms with E-state index >= 15 is 0 Å². The van der Waals surface area contributed by atoms with Crippen LogP contribution in [0, 0.1) is 5.92 Å². The molecule has 4 heteroatoms. The summed E-state index contributed by atoms with van der Waals surface area (Å²) in [5, 5.41) is 0.837. The van der Waals surface area contributed by atoms with Crippen LogP contribution >= 0.6 is 11.3 Å². The molecule has 1 atom stereocenters. The molecule has 1 N–H and O–H groups in total. The van der Waals surface area contributed by atoms with Gasteiger partial charge in [0.2, 0.25) is 0 Å². The minimum Gasteiger partial charge on any atom is -0.313 e. The maximum atomic E-state index is 11.7. The first-order valence-corrected chi connectivity index (χ1v) is 6.05. The van der Waals surface area contributed by atoms with Crippen molar-refractivity contribution in [3.63, 3.8) is 0 Å². The molecule has 3 nitrogen and oxygen atoms in total. The second-order valence-electron chi connectivity index (χ2n) is 4.26. The van der Waals surface area contributed by atoms with Crippen molar-refractivity contribution < 1.29 is 0 Å². The first kappa shape index (κ1) is 9.09. The Morgan fingerprint density at radius 3 is 3.33 bits per heavy atom. The Labute approximate surface area is 91.2 Å².